The van der Waals surface area contributed by atoms with Gasteiger partial charge in [-0.3, -0.25) is 0 Å². The van der Waals surface area contributed by atoms with Crippen molar-refractivity contribution in [1.82, 2.24) is 5.32 Å². The fraction of sp³-hybridized carbons (Fsp3) is 0.450. The molecule has 0 radical (unpaired) electrons. The van der Waals surface area contributed by atoms with Crippen molar-refractivity contribution >= 4 is 40.3 Å². The maximum Gasteiger partial charge on any atom is 0.141 e. The van der Waals surface area contributed by atoms with Crippen LogP contribution < -0.4 is 21.7 Å². The van der Waals surface area contributed by atoms with E-state index in [-0.39, 0.29) is 6.61 Å². The summed E-state index contributed by atoms with van der Waals surface area (Å²) in [6, 6.07) is 10.2. The van der Waals surface area contributed by atoms with E-state index in [1.807, 2.05) is 49.2 Å². The minimum Gasteiger partial charge on any atom is -0.395 e. The van der Waals surface area contributed by atoms with Gasteiger partial charge >= 0.3 is 0 Å². The molecule has 0 atom stereocenters. The first-order valence-electron chi connectivity index (χ1n) is 9.57. The molecule has 2 aromatic rings. The number of nitrogens with one attached hydrogen (secondary N) is 1. The van der Waals surface area contributed by atoms with E-state index in [1.54, 1.807) is 11.3 Å². The molecule has 1 aliphatic rings. The molecule has 0 spiro atoms. The van der Waals surface area contributed by atoms with E-state index < -0.39 is 0 Å². The Labute approximate surface area is 177 Å². The number of benzene rings is 1. The van der Waals surface area contributed by atoms with Gasteiger partial charge in [-0.2, -0.15) is 0 Å². The standard InChI is InChI=1S/C17H22N4OS2.C2H6.CH5N/c18-17(16-2-1-10-23-16)20-13-3-4-15-14(12-13)21(8-11-24-15)7-5-19-6-9-22;2*1-2/h1-4,10,12,19,22H,5-9,11H2,(H2,18,20);1-2H3;2H2,1H3. The number of nitrogens with two attached hydrogens (primary N) is 2. The Morgan fingerprint density at radius 1 is 1.25 bits per heavy atom. The number of hydrogen-bond acceptors (Lipinski definition) is 7. The van der Waals surface area contributed by atoms with Crippen molar-refractivity contribution in [3.8, 4) is 0 Å². The van der Waals surface area contributed by atoms with Crippen LogP contribution in [0.3, 0.4) is 0 Å². The Kier molecular flexibility index (Phi) is 12.6. The highest BCUT2D eigenvalue weighted by Crippen LogP contribution is 2.37. The molecular formula is C20H33N5OS2. The topological polar surface area (TPSA) is 99.9 Å². The van der Waals surface area contributed by atoms with Crippen molar-refractivity contribution in [1.29, 1.82) is 0 Å². The van der Waals surface area contributed by atoms with Crippen LogP contribution in [-0.4, -0.2) is 56.5 Å². The van der Waals surface area contributed by atoms with Crippen LogP contribution in [0.1, 0.15) is 18.7 Å². The molecule has 0 saturated heterocycles. The van der Waals surface area contributed by atoms with Crippen LogP contribution in [0.5, 0.6) is 0 Å². The maximum absolute atomic E-state index is 8.85. The predicted molar refractivity (Wildman–Crippen MR) is 125 cm³/mol. The molecule has 1 aromatic carbocycles. The van der Waals surface area contributed by atoms with E-state index >= 15 is 0 Å². The zero-order valence-corrected chi connectivity index (χ0v) is 18.7. The smallest absolute Gasteiger partial charge is 0.141 e. The molecular weight excluding hydrogens is 390 g/mol. The lowest BCUT2D eigenvalue weighted by molar-refractivity contribution is 0.293. The molecule has 6 nitrogen and oxygen atoms in total. The van der Waals surface area contributed by atoms with Gasteiger partial charge in [-0.1, -0.05) is 19.9 Å². The fourth-order valence-corrected chi connectivity index (χ4v) is 4.26. The van der Waals surface area contributed by atoms with Gasteiger partial charge < -0.3 is 26.8 Å². The fourth-order valence-electron chi connectivity index (χ4n) is 2.60. The van der Waals surface area contributed by atoms with Crippen molar-refractivity contribution in [2.75, 3.05) is 50.5 Å². The number of aliphatic hydroxyl groups is 1. The molecule has 6 N–H and O–H groups in total. The number of rotatable bonds is 7. The molecule has 0 bridgehead atoms. The number of nitrogens with zero attached hydrogens (tertiary/aromatic N) is 2. The summed E-state index contributed by atoms with van der Waals surface area (Å²) in [6.45, 7) is 7.60. The molecule has 8 heteroatoms. The molecule has 0 saturated carbocycles. The van der Waals surface area contributed by atoms with E-state index in [9.17, 15) is 0 Å². The highest BCUT2D eigenvalue weighted by molar-refractivity contribution is 7.99. The van der Waals surface area contributed by atoms with Gasteiger partial charge in [0.1, 0.15) is 5.84 Å². The first kappa shape index (κ1) is 24.5. The number of aliphatic hydroxyl groups excluding tert-OH is 1. The van der Waals surface area contributed by atoms with Crippen molar-refractivity contribution in [3.05, 3.63) is 40.6 Å². The molecule has 0 fully saturated rings. The Balaban J connectivity index is 0.000000921. The molecule has 1 aliphatic heterocycles. The lowest BCUT2D eigenvalue weighted by atomic mass is 10.2. The van der Waals surface area contributed by atoms with Crippen LogP contribution in [0.25, 0.3) is 0 Å². The zero-order valence-electron chi connectivity index (χ0n) is 17.0. The van der Waals surface area contributed by atoms with E-state index in [0.29, 0.717) is 12.4 Å². The summed E-state index contributed by atoms with van der Waals surface area (Å²) in [7, 11) is 1.50. The van der Waals surface area contributed by atoms with E-state index in [0.717, 1.165) is 36.0 Å². The van der Waals surface area contributed by atoms with E-state index in [1.165, 1.54) is 17.6 Å². The summed E-state index contributed by atoms with van der Waals surface area (Å²) in [4.78, 5) is 9.23. The number of thioether (sulfide) groups is 1. The van der Waals surface area contributed by atoms with Crippen LogP contribution in [0.4, 0.5) is 11.4 Å². The van der Waals surface area contributed by atoms with E-state index in [4.69, 9.17) is 10.8 Å². The highest BCUT2D eigenvalue weighted by atomic mass is 32.2. The predicted octanol–water partition coefficient (Wildman–Crippen LogP) is 2.88. The third-order valence-corrected chi connectivity index (χ3v) is 5.71. The molecule has 0 unspecified atom stereocenters. The largest absolute Gasteiger partial charge is 0.395 e. The molecule has 28 heavy (non-hydrogen) atoms. The van der Waals surface area contributed by atoms with Crippen molar-refractivity contribution < 1.29 is 5.11 Å². The minimum atomic E-state index is 0.174. The first-order chi connectivity index (χ1) is 13.8. The van der Waals surface area contributed by atoms with Gasteiger partial charge in [-0.15, -0.1) is 23.1 Å². The monoisotopic (exact) mass is 423 g/mol. The second-order valence-corrected chi connectivity index (χ2v) is 7.52. The van der Waals surface area contributed by atoms with Gasteiger partial charge in [0.25, 0.3) is 0 Å². The second-order valence-electron chi connectivity index (χ2n) is 5.44. The quantitative estimate of drug-likeness (QED) is 0.310. The minimum absolute atomic E-state index is 0.174. The summed E-state index contributed by atoms with van der Waals surface area (Å²) in [5.74, 6) is 1.65. The Bertz CT molecular complexity index is 692. The number of anilines is 1. The first-order valence-corrected chi connectivity index (χ1v) is 11.4. The average molecular weight is 424 g/mol. The van der Waals surface area contributed by atoms with Gasteiger partial charge in [0.15, 0.2) is 0 Å². The number of aliphatic imine (C=N–C) groups is 1. The number of thiophene rings is 1. The van der Waals surface area contributed by atoms with Crippen LogP contribution in [0.2, 0.25) is 0 Å². The average Bonchev–Trinajstić information content (AvgIpc) is 3.29. The number of fused-ring (bicyclic) bond motifs is 1. The molecule has 2 heterocycles. The van der Waals surface area contributed by atoms with Crippen LogP contribution >= 0.6 is 23.1 Å². The SMILES string of the molecule is CC.CN.NC(=Nc1ccc2c(c1)N(CCNCCO)CCS2)c1cccs1. The Morgan fingerprint density at radius 2 is 2.04 bits per heavy atom. The third kappa shape index (κ3) is 7.44. The van der Waals surface area contributed by atoms with Crippen molar-refractivity contribution in [2.24, 2.45) is 16.5 Å². The molecule has 1 aromatic heterocycles. The summed E-state index contributed by atoms with van der Waals surface area (Å²) < 4.78 is 0. The van der Waals surface area contributed by atoms with Gasteiger partial charge in [0.05, 0.1) is 22.9 Å². The number of hydrogen-bond donors (Lipinski definition) is 4. The lowest BCUT2D eigenvalue weighted by Crippen LogP contribution is -2.36. The van der Waals surface area contributed by atoms with Gasteiger partial charge in [-0.25, -0.2) is 4.99 Å². The van der Waals surface area contributed by atoms with Gasteiger partial charge in [0, 0.05) is 36.8 Å². The van der Waals surface area contributed by atoms with Crippen LogP contribution in [0, 0.1) is 0 Å². The van der Waals surface area contributed by atoms with Crippen molar-refractivity contribution in [2.45, 2.75) is 18.7 Å². The molecule has 0 aliphatic carbocycles. The van der Waals surface area contributed by atoms with Gasteiger partial charge in [0.2, 0.25) is 0 Å². The normalized spacial score (nSPS) is 13.0. The zero-order chi connectivity index (χ0) is 20.8. The van der Waals surface area contributed by atoms with Crippen molar-refractivity contribution in [3.63, 3.8) is 0 Å². The van der Waals surface area contributed by atoms with E-state index in [2.05, 4.69) is 33.1 Å². The molecule has 0 amide bonds. The summed E-state index contributed by atoms with van der Waals surface area (Å²) in [5, 5.41) is 14.1. The van der Waals surface area contributed by atoms with Crippen LogP contribution in [-0.2, 0) is 0 Å². The summed E-state index contributed by atoms with van der Waals surface area (Å²) >= 11 is 3.48. The second kappa shape index (κ2) is 14.4. The Hall–Kier alpha value is -1.58. The third-order valence-electron chi connectivity index (χ3n) is 3.77. The maximum atomic E-state index is 8.85. The molecule has 3 rings (SSSR count). The summed E-state index contributed by atoms with van der Waals surface area (Å²) in [6.07, 6.45) is 0. The van der Waals surface area contributed by atoms with Gasteiger partial charge in [-0.05, 0) is 36.7 Å². The highest BCUT2D eigenvalue weighted by Gasteiger charge is 2.17. The number of amidine groups is 1. The van der Waals surface area contributed by atoms with Crippen LogP contribution in [0.15, 0.2) is 45.6 Å². The summed E-state index contributed by atoms with van der Waals surface area (Å²) in [5.41, 5.74) is 12.7. The Morgan fingerprint density at radius 3 is 2.71 bits per heavy atom. The lowest BCUT2D eigenvalue weighted by Gasteiger charge is -2.31. The molecule has 156 valence electrons.